The first-order valence-electron chi connectivity index (χ1n) is 9.36. The summed E-state index contributed by atoms with van der Waals surface area (Å²) in [5, 5.41) is 3.06. The van der Waals surface area contributed by atoms with E-state index in [9.17, 15) is 4.79 Å². The molecule has 0 atom stereocenters. The molecular formula is C24H23N3O. The number of nitrogens with one attached hydrogen (secondary N) is 1. The molecule has 0 saturated carbocycles. The molecule has 4 nitrogen and oxygen atoms in total. The van der Waals surface area contributed by atoms with Gasteiger partial charge < -0.3 is 9.72 Å². The number of amides is 1. The molecule has 28 heavy (non-hydrogen) atoms. The Balaban J connectivity index is 1.68. The summed E-state index contributed by atoms with van der Waals surface area (Å²) in [7, 11) is 0. The van der Waals surface area contributed by atoms with Gasteiger partial charge in [0.15, 0.2) is 0 Å². The second-order valence-corrected chi connectivity index (χ2v) is 7.41. The number of carbonyl (C=O) groups excluding carboxylic acids is 1. The molecule has 1 amide bonds. The second-order valence-electron chi connectivity index (χ2n) is 7.41. The molecule has 1 N–H and O–H groups in total. The molecule has 0 aliphatic rings. The Morgan fingerprint density at radius 3 is 2.39 bits per heavy atom. The van der Waals surface area contributed by atoms with E-state index in [2.05, 4.69) is 24.4 Å². The van der Waals surface area contributed by atoms with Gasteiger partial charge in [0, 0.05) is 29.2 Å². The van der Waals surface area contributed by atoms with Gasteiger partial charge in [-0.05, 0) is 63.1 Å². The van der Waals surface area contributed by atoms with Crippen LogP contribution in [0.1, 0.15) is 32.6 Å². The largest absolute Gasteiger partial charge is 0.322 e. The van der Waals surface area contributed by atoms with Crippen molar-refractivity contribution in [1.82, 2.24) is 9.38 Å². The highest BCUT2D eigenvalue weighted by atomic mass is 16.1. The maximum Gasteiger partial charge on any atom is 0.255 e. The van der Waals surface area contributed by atoms with Crippen molar-refractivity contribution in [3.8, 4) is 11.3 Å². The van der Waals surface area contributed by atoms with Gasteiger partial charge in [0.2, 0.25) is 0 Å². The van der Waals surface area contributed by atoms with Crippen molar-refractivity contribution < 1.29 is 4.79 Å². The van der Waals surface area contributed by atoms with Gasteiger partial charge in [0.05, 0.1) is 5.69 Å². The van der Waals surface area contributed by atoms with Crippen LogP contribution in [0.25, 0.3) is 16.9 Å². The summed E-state index contributed by atoms with van der Waals surface area (Å²) >= 11 is 0. The molecule has 0 aliphatic heterocycles. The Labute approximate surface area is 164 Å². The van der Waals surface area contributed by atoms with Crippen molar-refractivity contribution in [2.45, 2.75) is 27.7 Å². The molecule has 4 rings (SSSR count). The lowest BCUT2D eigenvalue weighted by Crippen LogP contribution is -2.13. The molecule has 4 aromatic rings. The maximum absolute atomic E-state index is 12.8. The first-order valence-corrected chi connectivity index (χ1v) is 9.36. The molecule has 0 radical (unpaired) electrons. The standard InChI is InChI=1S/C24H23N3O/c1-15-10-16(2)12-20(11-15)24(28)26-21-13-19(8-7-17(21)3)22-14-27-9-5-6-18(4)23(27)25-22/h5-14H,1-4H3,(H,26,28). The number of hydrogen-bond acceptors (Lipinski definition) is 2. The van der Waals surface area contributed by atoms with E-state index in [0.717, 1.165) is 44.8 Å². The van der Waals surface area contributed by atoms with Crippen molar-refractivity contribution in [3.05, 3.63) is 88.7 Å². The first kappa shape index (κ1) is 18.0. The lowest BCUT2D eigenvalue weighted by molar-refractivity contribution is 0.102. The van der Waals surface area contributed by atoms with Crippen LogP contribution in [-0.4, -0.2) is 15.3 Å². The summed E-state index contributed by atoms with van der Waals surface area (Å²) < 4.78 is 2.03. The van der Waals surface area contributed by atoms with Gasteiger partial charge in [-0.15, -0.1) is 0 Å². The van der Waals surface area contributed by atoms with Crippen LogP contribution in [0.15, 0.2) is 60.9 Å². The SMILES string of the molecule is Cc1cc(C)cc(C(=O)Nc2cc(-c3cn4cccc(C)c4n3)ccc2C)c1. The highest BCUT2D eigenvalue weighted by Gasteiger charge is 2.12. The highest BCUT2D eigenvalue weighted by molar-refractivity contribution is 6.05. The maximum atomic E-state index is 12.8. The number of aryl methyl sites for hydroxylation is 4. The molecule has 4 heteroatoms. The zero-order valence-corrected chi connectivity index (χ0v) is 16.6. The van der Waals surface area contributed by atoms with Gasteiger partial charge in [-0.25, -0.2) is 4.98 Å². The van der Waals surface area contributed by atoms with Gasteiger partial charge in [0.25, 0.3) is 5.91 Å². The molecule has 140 valence electrons. The van der Waals surface area contributed by atoms with Crippen molar-refractivity contribution in [3.63, 3.8) is 0 Å². The van der Waals surface area contributed by atoms with Gasteiger partial charge in [-0.2, -0.15) is 0 Å². The van der Waals surface area contributed by atoms with Crippen LogP contribution in [0.3, 0.4) is 0 Å². The normalized spacial score (nSPS) is 11.0. The minimum Gasteiger partial charge on any atom is -0.322 e. The quantitative estimate of drug-likeness (QED) is 0.519. The zero-order chi connectivity index (χ0) is 19.8. The number of aromatic nitrogens is 2. The summed E-state index contributed by atoms with van der Waals surface area (Å²) in [6.45, 7) is 8.05. The van der Waals surface area contributed by atoms with Crippen LogP contribution in [-0.2, 0) is 0 Å². The predicted molar refractivity (Wildman–Crippen MR) is 114 cm³/mol. The molecule has 0 fully saturated rings. The van der Waals surface area contributed by atoms with E-state index < -0.39 is 0 Å². The van der Waals surface area contributed by atoms with E-state index in [1.165, 1.54) is 0 Å². The van der Waals surface area contributed by atoms with Gasteiger partial charge >= 0.3 is 0 Å². The third kappa shape index (κ3) is 3.41. The topological polar surface area (TPSA) is 46.4 Å². The fourth-order valence-electron chi connectivity index (χ4n) is 3.51. The highest BCUT2D eigenvalue weighted by Crippen LogP contribution is 2.26. The zero-order valence-electron chi connectivity index (χ0n) is 16.6. The lowest BCUT2D eigenvalue weighted by atomic mass is 10.1. The Kier molecular flexibility index (Phi) is 4.47. The van der Waals surface area contributed by atoms with Gasteiger partial charge in [-0.3, -0.25) is 4.79 Å². The number of imidazole rings is 1. The number of pyridine rings is 1. The summed E-state index contributed by atoms with van der Waals surface area (Å²) in [6.07, 6.45) is 4.01. The fraction of sp³-hybridized carbons (Fsp3) is 0.167. The van der Waals surface area contributed by atoms with E-state index in [-0.39, 0.29) is 5.91 Å². The Bertz CT molecular complexity index is 1180. The monoisotopic (exact) mass is 369 g/mol. The molecule has 0 spiro atoms. The Morgan fingerprint density at radius 2 is 1.68 bits per heavy atom. The average molecular weight is 369 g/mol. The van der Waals surface area contributed by atoms with Crippen LogP contribution >= 0.6 is 0 Å². The van der Waals surface area contributed by atoms with Gasteiger partial charge in [-0.1, -0.05) is 35.4 Å². The molecule has 2 aromatic carbocycles. The van der Waals surface area contributed by atoms with E-state index in [1.54, 1.807) is 0 Å². The third-order valence-corrected chi connectivity index (χ3v) is 4.94. The average Bonchev–Trinajstić information content (AvgIpc) is 3.08. The summed E-state index contributed by atoms with van der Waals surface area (Å²) in [6, 6.07) is 16.0. The number of carbonyl (C=O) groups is 1. The lowest BCUT2D eigenvalue weighted by Gasteiger charge is -2.11. The molecule has 2 aromatic heterocycles. The molecule has 0 aliphatic carbocycles. The minimum atomic E-state index is -0.0992. The Hall–Kier alpha value is -3.40. The fourth-order valence-corrected chi connectivity index (χ4v) is 3.51. The van der Waals surface area contributed by atoms with Crippen molar-refractivity contribution in [1.29, 1.82) is 0 Å². The molecule has 0 bridgehead atoms. The molecule has 0 saturated heterocycles. The van der Waals surface area contributed by atoms with E-state index in [4.69, 9.17) is 4.98 Å². The minimum absolute atomic E-state index is 0.0992. The third-order valence-electron chi connectivity index (χ3n) is 4.94. The number of nitrogens with zero attached hydrogens (tertiary/aromatic N) is 2. The van der Waals surface area contributed by atoms with Crippen LogP contribution in [0.5, 0.6) is 0 Å². The second kappa shape index (κ2) is 6.97. The van der Waals surface area contributed by atoms with Crippen molar-refractivity contribution in [2.24, 2.45) is 0 Å². The van der Waals surface area contributed by atoms with Crippen LogP contribution in [0.2, 0.25) is 0 Å². The smallest absolute Gasteiger partial charge is 0.255 e. The van der Waals surface area contributed by atoms with E-state index >= 15 is 0 Å². The Morgan fingerprint density at radius 1 is 0.929 bits per heavy atom. The number of fused-ring (bicyclic) bond motifs is 1. The number of anilines is 1. The van der Waals surface area contributed by atoms with Crippen LogP contribution < -0.4 is 5.32 Å². The van der Waals surface area contributed by atoms with Gasteiger partial charge in [0.1, 0.15) is 5.65 Å². The number of benzene rings is 2. The van der Waals surface area contributed by atoms with Crippen molar-refractivity contribution >= 4 is 17.2 Å². The first-order chi connectivity index (χ1) is 13.4. The molecule has 2 heterocycles. The van der Waals surface area contributed by atoms with Crippen LogP contribution in [0, 0.1) is 27.7 Å². The van der Waals surface area contributed by atoms with E-state index in [1.807, 2.05) is 74.0 Å². The van der Waals surface area contributed by atoms with Crippen molar-refractivity contribution in [2.75, 3.05) is 5.32 Å². The molecular weight excluding hydrogens is 346 g/mol. The predicted octanol–water partition coefficient (Wildman–Crippen LogP) is 5.49. The summed E-state index contributed by atoms with van der Waals surface area (Å²) in [4.78, 5) is 17.5. The summed E-state index contributed by atoms with van der Waals surface area (Å²) in [5.41, 5.74) is 8.58. The van der Waals surface area contributed by atoms with Crippen LogP contribution in [0.4, 0.5) is 5.69 Å². The summed E-state index contributed by atoms with van der Waals surface area (Å²) in [5.74, 6) is -0.0992. The van der Waals surface area contributed by atoms with E-state index in [0.29, 0.717) is 5.56 Å². The number of hydrogen-bond donors (Lipinski definition) is 1. The number of rotatable bonds is 3. The molecule has 0 unspecified atom stereocenters.